The van der Waals surface area contributed by atoms with Gasteiger partial charge in [0.15, 0.2) is 0 Å². The fraction of sp³-hybridized carbons (Fsp3) is 0.182. The zero-order valence-electron chi connectivity index (χ0n) is 8.97. The highest BCUT2D eigenvalue weighted by Crippen LogP contribution is 2.15. The molecular weight excluding hydrogens is 226 g/mol. The lowest BCUT2D eigenvalue weighted by atomic mass is 10.1. The molecule has 0 saturated carbocycles. The molecule has 1 aromatic rings. The van der Waals surface area contributed by atoms with E-state index in [1.54, 1.807) is 18.2 Å². The molecule has 84 valence electrons. The maximum Gasteiger partial charge on any atom is 0.305 e. The summed E-state index contributed by atoms with van der Waals surface area (Å²) >= 11 is 0. The number of nitrogens with zero attached hydrogens (tertiary/aromatic N) is 1. The summed E-state index contributed by atoms with van der Waals surface area (Å²) in [4.78, 5) is 0. The number of hydrogen-bond donors (Lipinski definition) is 0. The summed E-state index contributed by atoms with van der Waals surface area (Å²) in [5.74, 6) is 0. The van der Waals surface area contributed by atoms with Crippen LogP contribution in [0, 0.1) is 18.3 Å². The molecule has 1 aromatic carbocycles. The van der Waals surface area contributed by atoms with E-state index < -0.39 is 10.1 Å². The predicted octanol–water partition coefficient (Wildman–Crippen LogP) is 1.84. The van der Waals surface area contributed by atoms with Crippen LogP contribution < -0.4 is 0 Å². The topological polar surface area (TPSA) is 67.2 Å². The smallest absolute Gasteiger partial charge is 0.305 e. The molecule has 0 fully saturated rings. The highest BCUT2D eigenvalue weighted by molar-refractivity contribution is 7.86. The Kier molecular flexibility index (Phi) is 3.69. The minimum atomic E-state index is -3.57. The first-order valence-electron chi connectivity index (χ1n) is 4.48. The van der Waals surface area contributed by atoms with Gasteiger partial charge in [-0.1, -0.05) is 29.8 Å². The van der Waals surface area contributed by atoms with Crippen molar-refractivity contribution in [1.29, 1.82) is 5.26 Å². The molecule has 0 heterocycles. The van der Waals surface area contributed by atoms with Crippen molar-refractivity contribution < 1.29 is 12.6 Å². The van der Waals surface area contributed by atoms with Gasteiger partial charge in [-0.2, -0.15) is 13.7 Å². The van der Waals surface area contributed by atoms with Crippen molar-refractivity contribution in [2.45, 2.75) is 6.92 Å². The molecule has 0 radical (unpaired) electrons. The van der Waals surface area contributed by atoms with Crippen LogP contribution in [0.2, 0.25) is 0 Å². The Bertz CT molecular complexity index is 553. The van der Waals surface area contributed by atoms with E-state index >= 15 is 0 Å². The van der Waals surface area contributed by atoms with Crippen molar-refractivity contribution in [3.8, 4) is 6.07 Å². The molecular formula is C11H11NO3S. The summed E-state index contributed by atoms with van der Waals surface area (Å²) in [7, 11) is -3.57. The van der Waals surface area contributed by atoms with Crippen molar-refractivity contribution in [2.75, 3.05) is 6.26 Å². The third kappa shape index (κ3) is 3.75. The quantitative estimate of drug-likeness (QED) is 0.457. The Morgan fingerprint density at radius 3 is 2.69 bits per heavy atom. The SMILES string of the molecule is Cc1cccc(/C(C#N)=C/OS(C)(=O)=O)c1. The zero-order chi connectivity index (χ0) is 12.2. The minimum absolute atomic E-state index is 0.175. The lowest BCUT2D eigenvalue weighted by molar-refractivity contribution is 0.451. The first-order valence-corrected chi connectivity index (χ1v) is 6.29. The largest absolute Gasteiger partial charge is 0.389 e. The van der Waals surface area contributed by atoms with Gasteiger partial charge in [-0.25, -0.2) is 0 Å². The summed E-state index contributed by atoms with van der Waals surface area (Å²) in [6.45, 7) is 1.88. The molecule has 0 saturated heterocycles. The van der Waals surface area contributed by atoms with Gasteiger partial charge in [0.05, 0.1) is 11.8 Å². The zero-order valence-corrected chi connectivity index (χ0v) is 9.78. The molecule has 0 aliphatic heterocycles. The van der Waals surface area contributed by atoms with Crippen LogP contribution in [0.4, 0.5) is 0 Å². The molecule has 0 aromatic heterocycles. The lowest BCUT2D eigenvalue weighted by Crippen LogP contribution is -1.97. The van der Waals surface area contributed by atoms with E-state index in [1.165, 1.54) is 0 Å². The van der Waals surface area contributed by atoms with E-state index in [9.17, 15) is 8.42 Å². The van der Waals surface area contributed by atoms with Gasteiger partial charge in [0.2, 0.25) is 0 Å². The van der Waals surface area contributed by atoms with Gasteiger partial charge in [0.25, 0.3) is 0 Å². The number of hydrogen-bond acceptors (Lipinski definition) is 4. The van der Waals surface area contributed by atoms with Crippen LogP contribution in [0.3, 0.4) is 0 Å². The molecule has 0 atom stereocenters. The van der Waals surface area contributed by atoms with Crippen LogP contribution in [0.15, 0.2) is 30.5 Å². The van der Waals surface area contributed by atoms with Gasteiger partial charge in [-0.05, 0) is 12.5 Å². The molecule has 0 N–H and O–H groups in total. The number of benzene rings is 1. The first-order chi connectivity index (χ1) is 7.42. The van der Waals surface area contributed by atoms with E-state index in [-0.39, 0.29) is 5.57 Å². The van der Waals surface area contributed by atoms with Crippen molar-refractivity contribution >= 4 is 15.7 Å². The maximum absolute atomic E-state index is 10.8. The van der Waals surface area contributed by atoms with Crippen molar-refractivity contribution in [2.24, 2.45) is 0 Å². The van der Waals surface area contributed by atoms with Crippen LogP contribution in [0.25, 0.3) is 5.57 Å². The molecule has 16 heavy (non-hydrogen) atoms. The average Bonchev–Trinajstić information content (AvgIpc) is 2.17. The van der Waals surface area contributed by atoms with Gasteiger partial charge in [-0.3, -0.25) is 0 Å². The maximum atomic E-state index is 10.8. The number of aryl methyl sites for hydroxylation is 1. The molecule has 5 heteroatoms. The molecule has 0 aliphatic carbocycles. The second kappa shape index (κ2) is 4.81. The molecule has 0 unspecified atom stereocenters. The number of rotatable bonds is 3. The highest BCUT2D eigenvalue weighted by Gasteiger charge is 2.04. The summed E-state index contributed by atoms with van der Waals surface area (Å²) in [6.07, 6.45) is 1.87. The third-order valence-corrected chi connectivity index (χ3v) is 2.24. The Labute approximate surface area is 94.9 Å². The fourth-order valence-corrected chi connectivity index (χ4v) is 1.38. The standard InChI is InChI=1S/C11H11NO3S/c1-9-4-3-5-10(6-9)11(7-12)8-15-16(2,13)14/h3-6,8H,1-2H3/b11-8+. The van der Waals surface area contributed by atoms with Crippen LogP contribution >= 0.6 is 0 Å². The Balaban J connectivity index is 3.05. The van der Waals surface area contributed by atoms with Gasteiger partial charge < -0.3 is 4.18 Å². The summed E-state index contributed by atoms with van der Waals surface area (Å²) in [6, 6.07) is 9.06. The summed E-state index contributed by atoms with van der Waals surface area (Å²) in [5.41, 5.74) is 1.79. The highest BCUT2D eigenvalue weighted by atomic mass is 32.2. The van der Waals surface area contributed by atoms with Crippen molar-refractivity contribution in [3.63, 3.8) is 0 Å². The molecule has 0 amide bonds. The van der Waals surface area contributed by atoms with E-state index in [2.05, 4.69) is 4.18 Å². The Morgan fingerprint density at radius 2 is 2.19 bits per heavy atom. The summed E-state index contributed by atoms with van der Waals surface area (Å²) in [5, 5.41) is 8.87. The predicted molar refractivity (Wildman–Crippen MR) is 60.7 cm³/mol. The van der Waals surface area contributed by atoms with Crippen LogP contribution in [-0.2, 0) is 14.3 Å². The van der Waals surface area contributed by atoms with Crippen molar-refractivity contribution in [3.05, 3.63) is 41.7 Å². The normalized spacial score (nSPS) is 11.9. The van der Waals surface area contributed by atoms with Crippen LogP contribution in [0.5, 0.6) is 0 Å². The van der Waals surface area contributed by atoms with E-state index in [0.29, 0.717) is 5.56 Å². The molecule has 1 rings (SSSR count). The van der Waals surface area contributed by atoms with E-state index in [1.807, 2.05) is 19.1 Å². The summed E-state index contributed by atoms with van der Waals surface area (Å²) < 4.78 is 26.0. The fourth-order valence-electron chi connectivity index (χ4n) is 1.11. The first kappa shape index (κ1) is 12.3. The molecule has 0 aliphatic rings. The molecule has 0 bridgehead atoms. The second-order valence-corrected chi connectivity index (χ2v) is 4.91. The minimum Gasteiger partial charge on any atom is -0.389 e. The van der Waals surface area contributed by atoms with E-state index in [4.69, 9.17) is 5.26 Å². The van der Waals surface area contributed by atoms with Gasteiger partial charge in [0.1, 0.15) is 12.3 Å². The van der Waals surface area contributed by atoms with Gasteiger partial charge in [-0.15, -0.1) is 0 Å². The van der Waals surface area contributed by atoms with Crippen molar-refractivity contribution in [1.82, 2.24) is 0 Å². The molecule has 0 spiro atoms. The monoisotopic (exact) mass is 237 g/mol. The van der Waals surface area contributed by atoms with Crippen LogP contribution in [0.1, 0.15) is 11.1 Å². The van der Waals surface area contributed by atoms with Gasteiger partial charge >= 0.3 is 10.1 Å². The second-order valence-electron chi connectivity index (χ2n) is 3.31. The van der Waals surface area contributed by atoms with E-state index in [0.717, 1.165) is 18.1 Å². The Morgan fingerprint density at radius 1 is 1.50 bits per heavy atom. The Hall–Kier alpha value is -1.80. The average molecular weight is 237 g/mol. The van der Waals surface area contributed by atoms with Crippen LogP contribution in [-0.4, -0.2) is 14.7 Å². The number of nitriles is 1. The van der Waals surface area contributed by atoms with Gasteiger partial charge in [0, 0.05) is 0 Å². The lowest BCUT2D eigenvalue weighted by Gasteiger charge is -2.01. The number of allylic oxidation sites excluding steroid dienone is 1. The molecule has 4 nitrogen and oxygen atoms in total. The third-order valence-electron chi connectivity index (χ3n) is 1.79.